The largest absolute Gasteiger partial charge is 0.456 e. The lowest BCUT2D eigenvalue weighted by atomic mass is 9.99. The second-order valence-electron chi connectivity index (χ2n) is 5.82. The van der Waals surface area contributed by atoms with Crippen LogP contribution in [0.25, 0.3) is 0 Å². The van der Waals surface area contributed by atoms with Crippen molar-refractivity contribution in [3.05, 3.63) is 29.3 Å². The molecule has 104 valence electrons. The van der Waals surface area contributed by atoms with Gasteiger partial charge in [0.25, 0.3) is 0 Å². The Kier molecular flexibility index (Phi) is 3.80. The molecule has 1 aliphatic rings. The zero-order valence-electron chi connectivity index (χ0n) is 11.9. The molecule has 1 atom stereocenters. The Morgan fingerprint density at radius 2 is 2.11 bits per heavy atom. The van der Waals surface area contributed by atoms with Crippen molar-refractivity contribution in [2.24, 2.45) is 0 Å². The molecule has 4 nitrogen and oxygen atoms in total. The van der Waals surface area contributed by atoms with Gasteiger partial charge in [-0.1, -0.05) is 0 Å². The van der Waals surface area contributed by atoms with E-state index in [1.54, 1.807) is 13.2 Å². The summed E-state index contributed by atoms with van der Waals surface area (Å²) in [4.78, 5) is 12.0. The predicted molar refractivity (Wildman–Crippen MR) is 74.6 cm³/mol. The molecule has 0 fully saturated rings. The first-order chi connectivity index (χ1) is 8.89. The standard InChI is InChI=1S/C15H21NO3/c1-15(2,3)19-14(17)10-5-6-13-11(7-10)8-12(18-4)9-16-13/h5-7,12,16H,8-9H2,1-4H3. The van der Waals surface area contributed by atoms with Gasteiger partial charge in [-0.05, 0) is 44.5 Å². The maximum atomic E-state index is 12.0. The number of nitrogens with one attached hydrogen (secondary N) is 1. The van der Waals surface area contributed by atoms with Gasteiger partial charge in [0.2, 0.25) is 0 Å². The molecule has 1 aromatic carbocycles. The second-order valence-corrected chi connectivity index (χ2v) is 5.82. The van der Waals surface area contributed by atoms with Crippen molar-refractivity contribution in [2.75, 3.05) is 19.0 Å². The Morgan fingerprint density at radius 3 is 2.74 bits per heavy atom. The van der Waals surface area contributed by atoms with E-state index in [1.165, 1.54) is 0 Å². The molecule has 1 aromatic rings. The van der Waals surface area contributed by atoms with Crippen LogP contribution in [-0.4, -0.2) is 31.3 Å². The van der Waals surface area contributed by atoms with Crippen molar-refractivity contribution in [3.63, 3.8) is 0 Å². The molecule has 0 spiro atoms. The van der Waals surface area contributed by atoms with Gasteiger partial charge in [-0.25, -0.2) is 4.79 Å². The van der Waals surface area contributed by atoms with Crippen LogP contribution in [0.5, 0.6) is 0 Å². The number of fused-ring (bicyclic) bond motifs is 1. The molecule has 1 unspecified atom stereocenters. The molecule has 0 saturated carbocycles. The van der Waals surface area contributed by atoms with Gasteiger partial charge in [0.15, 0.2) is 0 Å². The number of methoxy groups -OCH3 is 1. The number of anilines is 1. The molecule has 19 heavy (non-hydrogen) atoms. The number of benzene rings is 1. The van der Waals surface area contributed by atoms with Crippen molar-refractivity contribution in [1.29, 1.82) is 0 Å². The lowest BCUT2D eigenvalue weighted by molar-refractivity contribution is 0.00692. The van der Waals surface area contributed by atoms with Gasteiger partial charge >= 0.3 is 5.97 Å². The molecule has 0 bridgehead atoms. The van der Waals surface area contributed by atoms with E-state index >= 15 is 0 Å². The molecule has 0 saturated heterocycles. The molecule has 1 heterocycles. The fourth-order valence-corrected chi connectivity index (χ4v) is 2.11. The molecule has 0 aromatic heterocycles. The van der Waals surface area contributed by atoms with Gasteiger partial charge in [-0.3, -0.25) is 0 Å². The predicted octanol–water partition coefficient (Wildman–Crippen LogP) is 2.62. The Hall–Kier alpha value is -1.55. The van der Waals surface area contributed by atoms with Crippen LogP contribution in [-0.2, 0) is 15.9 Å². The maximum Gasteiger partial charge on any atom is 0.338 e. The molecule has 2 rings (SSSR count). The quantitative estimate of drug-likeness (QED) is 0.833. The van der Waals surface area contributed by atoms with Crippen LogP contribution in [0.2, 0.25) is 0 Å². The molecule has 1 aliphatic heterocycles. The van der Waals surface area contributed by atoms with Crippen LogP contribution in [0.15, 0.2) is 18.2 Å². The minimum atomic E-state index is -0.472. The zero-order valence-corrected chi connectivity index (χ0v) is 11.9. The Bertz CT molecular complexity index is 477. The summed E-state index contributed by atoms with van der Waals surface area (Å²) in [7, 11) is 1.70. The number of carbonyl (C=O) groups excluding carboxylic acids is 1. The van der Waals surface area contributed by atoms with E-state index < -0.39 is 5.60 Å². The molecule has 1 N–H and O–H groups in total. The maximum absolute atomic E-state index is 12.0. The van der Waals surface area contributed by atoms with E-state index in [4.69, 9.17) is 9.47 Å². The highest BCUT2D eigenvalue weighted by molar-refractivity contribution is 5.90. The number of ether oxygens (including phenoxy) is 2. The van der Waals surface area contributed by atoms with Crippen LogP contribution in [0.4, 0.5) is 5.69 Å². The third-order valence-electron chi connectivity index (χ3n) is 3.04. The summed E-state index contributed by atoms with van der Waals surface area (Å²) in [5.74, 6) is -0.283. The highest BCUT2D eigenvalue weighted by atomic mass is 16.6. The van der Waals surface area contributed by atoms with Crippen LogP contribution >= 0.6 is 0 Å². The normalized spacial score (nSPS) is 18.4. The first-order valence-electron chi connectivity index (χ1n) is 6.52. The van der Waals surface area contributed by atoms with Gasteiger partial charge in [-0.15, -0.1) is 0 Å². The van der Waals surface area contributed by atoms with E-state index in [1.807, 2.05) is 32.9 Å². The van der Waals surface area contributed by atoms with Crippen LogP contribution in [0.1, 0.15) is 36.7 Å². The van der Waals surface area contributed by atoms with Crippen LogP contribution in [0.3, 0.4) is 0 Å². The Morgan fingerprint density at radius 1 is 1.37 bits per heavy atom. The first-order valence-corrected chi connectivity index (χ1v) is 6.52. The fraction of sp³-hybridized carbons (Fsp3) is 0.533. The minimum absolute atomic E-state index is 0.154. The summed E-state index contributed by atoms with van der Waals surface area (Å²) in [6.45, 7) is 6.40. The van der Waals surface area contributed by atoms with Gasteiger partial charge < -0.3 is 14.8 Å². The lowest BCUT2D eigenvalue weighted by Gasteiger charge is -2.26. The van der Waals surface area contributed by atoms with E-state index in [9.17, 15) is 4.79 Å². The van der Waals surface area contributed by atoms with Gasteiger partial charge in [0.1, 0.15) is 5.60 Å². The first kappa shape index (κ1) is 13.9. The number of carbonyl (C=O) groups is 1. The third-order valence-corrected chi connectivity index (χ3v) is 3.04. The summed E-state index contributed by atoms with van der Waals surface area (Å²) in [5.41, 5.74) is 2.29. The smallest absolute Gasteiger partial charge is 0.338 e. The molecule has 4 heteroatoms. The van der Waals surface area contributed by atoms with Crippen LogP contribution < -0.4 is 5.32 Å². The molecular weight excluding hydrogens is 242 g/mol. The average Bonchev–Trinajstić information content (AvgIpc) is 2.35. The summed E-state index contributed by atoms with van der Waals surface area (Å²) in [5, 5.41) is 3.30. The number of rotatable bonds is 2. The Labute approximate surface area is 114 Å². The molecule has 0 amide bonds. The third kappa shape index (κ3) is 3.47. The topological polar surface area (TPSA) is 47.6 Å². The zero-order chi connectivity index (χ0) is 14.0. The highest BCUT2D eigenvalue weighted by Gasteiger charge is 2.21. The van der Waals surface area contributed by atoms with Crippen molar-refractivity contribution in [3.8, 4) is 0 Å². The monoisotopic (exact) mass is 263 g/mol. The van der Waals surface area contributed by atoms with Crippen molar-refractivity contribution < 1.29 is 14.3 Å². The number of esters is 1. The van der Waals surface area contributed by atoms with Crippen molar-refractivity contribution >= 4 is 11.7 Å². The summed E-state index contributed by atoms with van der Waals surface area (Å²) < 4.78 is 10.7. The summed E-state index contributed by atoms with van der Waals surface area (Å²) >= 11 is 0. The van der Waals surface area contributed by atoms with E-state index in [-0.39, 0.29) is 12.1 Å². The minimum Gasteiger partial charge on any atom is -0.456 e. The van der Waals surface area contributed by atoms with Gasteiger partial charge in [0, 0.05) is 25.8 Å². The lowest BCUT2D eigenvalue weighted by Crippen LogP contribution is -2.30. The summed E-state index contributed by atoms with van der Waals surface area (Å²) in [6.07, 6.45) is 0.969. The SMILES string of the molecule is COC1CNc2ccc(C(=O)OC(C)(C)C)cc2C1. The second kappa shape index (κ2) is 5.21. The van der Waals surface area contributed by atoms with Crippen LogP contribution in [0, 0.1) is 0 Å². The summed E-state index contributed by atoms with van der Waals surface area (Å²) in [6, 6.07) is 5.62. The van der Waals surface area contributed by atoms with Gasteiger partial charge in [-0.2, -0.15) is 0 Å². The highest BCUT2D eigenvalue weighted by Crippen LogP contribution is 2.25. The van der Waals surface area contributed by atoms with E-state index in [0.717, 1.165) is 24.2 Å². The number of hydrogen-bond acceptors (Lipinski definition) is 4. The molecule has 0 aliphatic carbocycles. The molecular formula is C15H21NO3. The van der Waals surface area contributed by atoms with Crippen molar-refractivity contribution in [2.45, 2.75) is 38.9 Å². The van der Waals surface area contributed by atoms with E-state index in [0.29, 0.717) is 5.56 Å². The number of hydrogen-bond donors (Lipinski definition) is 1. The average molecular weight is 263 g/mol. The fourth-order valence-electron chi connectivity index (χ4n) is 2.11. The van der Waals surface area contributed by atoms with Gasteiger partial charge in [0.05, 0.1) is 11.7 Å². The Balaban J connectivity index is 2.18. The van der Waals surface area contributed by atoms with Crippen molar-refractivity contribution in [1.82, 2.24) is 0 Å². The molecule has 0 radical (unpaired) electrons. The van der Waals surface area contributed by atoms with E-state index in [2.05, 4.69) is 5.32 Å².